The van der Waals surface area contributed by atoms with Gasteiger partial charge < -0.3 is 19.5 Å². The molecule has 1 N–H and O–H groups in total. The van der Waals surface area contributed by atoms with Crippen molar-refractivity contribution >= 4 is 0 Å². The lowest BCUT2D eigenvalue weighted by atomic mass is 10.1. The van der Waals surface area contributed by atoms with Gasteiger partial charge in [-0.15, -0.1) is 0 Å². The Hall–Kier alpha value is -1.17. The van der Waals surface area contributed by atoms with Gasteiger partial charge in [0.05, 0.1) is 6.61 Å². The molecule has 0 aliphatic carbocycles. The second-order valence-corrected chi connectivity index (χ2v) is 4.50. The van der Waals surface area contributed by atoms with Crippen molar-refractivity contribution in [3.8, 4) is 5.75 Å². The Balaban J connectivity index is 2.40. The minimum atomic E-state index is -0.298. The van der Waals surface area contributed by atoms with Crippen molar-refractivity contribution in [1.82, 2.24) is 5.32 Å². The van der Waals surface area contributed by atoms with Crippen LogP contribution in [0.3, 0.4) is 0 Å². The van der Waals surface area contributed by atoms with Crippen molar-refractivity contribution in [1.29, 1.82) is 0 Å². The minimum Gasteiger partial charge on any atom is -0.491 e. The number of halogens is 1. The lowest BCUT2D eigenvalue weighted by Crippen LogP contribution is -2.15. The molecule has 114 valence electrons. The third kappa shape index (κ3) is 5.86. The number of rotatable bonds is 10. The highest BCUT2D eigenvalue weighted by Crippen LogP contribution is 2.25. The van der Waals surface area contributed by atoms with E-state index in [4.69, 9.17) is 14.2 Å². The molecule has 1 atom stereocenters. The number of methoxy groups -OCH3 is 1. The molecular weight excluding hydrogens is 261 g/mol. The normalized spacial score (nSPS) is 12.4. The summed E-state index contributed by atoms with van der Waals surface area (Å²) in [5.74, 6) is 0.264. The van der Waals surface area contributed by atoms with Gasteiger partial charge in [0.2, 0.25) is 0 Å². The number of hydrogen-bond acceptors (Lipinski definition) is 4. The van der Waals surface area contributed by atoms with Gasteiger partial charge in [0.1, 0.15) is 18.2 Å². The first-order valence-electron chi connectivity index (χ1n) is 6.85. The van der Waals surface area contributed by atoms with E-state index in [-0.39, 0.29) is 11.9 Å². The van der Waals surface area contributed by atoms with Crippen LogP contribution in [0.15, 0.2) is 18.2 Å². The summed E-state index contributed by atoms with van der Waals surface area (Å²) in [7, 11) is 3.52. The van der Waals surface area contributed by atoms with Crippen molar-refractivity contribution < 1.29 is 18.6 Å². The Bertz CT molecular complexity index is 387. The Kier molecular flexibility index (Phi) is 8.18. The zero-order valence-electron chi connectivity index (χ0n) is 12.4. The molecule has 0 amide bonds. The molecule has 0 heterocycles. The predicted molar refractivity (Wildman–Crippen MR) is 76.7 cm³/mol. The van der Waals surface area contributed by atoms with Crippen molar-refractivity contribution in [3.05, 3.63) is 29.6 Å². The summed E-state index contributed by atoms with van der Waals surface area (Å²) < 4.78 is 29.2. The van der Waals surface area contributed by atoms with Gasteiger partial charge in [-0.25, -0.2) is 4.39 Å². The first-order chi connectivity index (χ1) is 9.69. The van der Waals surface area contributed by atoms with Gasteiger partial charge in [-0.1, -0.05) is 6.07 Å². The van der Waals surface area contributed by atoms with Crippen LogP contribution in [-0.2, 0) is 9.47 Å². The van der Waals surface area contributed by atoms with Crippen LogP contribution in [0.1, 0.15) is 24.9 Å². The molecule has 0 aliphatic rings. The Morgan fingerprint density at radius 3 is 2.70 bits per heavy atom. The third-order valence-corrected chi connectivity index (χ3v) is 3.00. The van der Waals surface area contributed by atoms with Crippen LogP contribution in [0.25, 0.3) is 0 Å². The molecule has 1 unspecified atom stereocenters. The summed E-state index contributed by atoms with van der Waals surface area (Å²) in [5.41, 5.74) is 0.938. The van der Waals surface area contributed by atoms with Crippen LogP contribution in [-0.4, -0.2) is 40.6 Å². The van der Waals surface area contributed by atoms with Gasteiger partial charge in [-0.3, -0.25) is 0 Å². The fraction of sp³-hybridized carbons (Fsp3) is 0.600. The molecule has 0 bridgehead atoms. The van der Waals surface area contributed by atoms with Crippen molar-refractivity contribution in [3.63, 3.8) is 0 Å². The largest absolute Gasteiger partial charge is 0.491 e. The molecule has 4 nitrogen and oxygen atoms in total. The fourth-order valence-electron chi connectivity index (χ4n) is 1.76. The van der Waals surface area contributed by atoms with Gasteiger partial charge in [0.25, 0.3) is 0 Å². The van der Waals surface area contributed by atoms with Crippen molar-refractivity contribution in [2.75, 3.05) is 40.6 Å². The minimum absolute atomic E-state index is 0.105. The lowest BCUT2D eigenvalue weighted by Gasteiger charge is -2.16. The fourth-order valence-corrected chi connectivity index (χ4v) is 1.76. The molecule has 0 saturated carbocycles. The SMILES string of the molecule is CNC(C)c1ccc(F)cc1OCCOCCCOC. The van der Waals surface area contributed by atoms with Crippen LogP contribution in [0.2, 0.25) is 0 Å². The maximum atomic E-state index is 13.3. The maximum Gasteiger partial charge on any atom is 0.127 e. The Morgan fingerprint density at radius 2 is 2.00 bits per heavy atom. The van der Waals surface area contributed by atoms with Crippen LogP contribution in [0.5, 0.6) is 5.75 Å². The zero-order valence-corrected chi connectivity index (χ0v) is 12.4. The Labute approximate surface area is 120 Å². The molecule has 0 spiro atoms. The van der Waals surface area contributed by atoms with E-state index in [1.165, 1.54) is 12.1 Å². The molecule has 0 fully saturated rings. The number of hydrogen-bond donors (Lipinski definition) is 1. The summed E-state index contributed by atoms with van der Waals surface area (Å²) in [6, 6.07) is 4.70. The monoisotopic (exact) mass is 285 g/mol. The van der Waals surface area contributed by atoms with Gasteiger partial charge in [0, 0.05) is 38.0 Å². The van der Waals surface area contributed by atoms with E-state index in [9.17, 15) is 4.39 Å². The molecule has 0 aromatic heterocycles. The van der Waals surface area contributed by atoms with Crippen molar-refractivity contribution in [2.24, 2.45) is 0 Å². The summed E-state index contributed by atoms with van der Waals surface area (Å²) in [4.78, 5) is 0. The molecule has 1 aromatic rings. The van der Waals surface area contributed by atoms with E-state index in [0.717, 1.165) is 12.0 Å². The van der Waals surface area contributed by atoms with Crippen molar-refractivity contribution in [2.45, 2.75) is 19.4 Å². The van der Waals surface area contributed by atoms with E-state index in [0.29, 0.717) is 32.2 Å². The number of ether oxygens (including phenoxy) is 3. The molecule has 0 aliphatic heterocycles. The predicted octanol–water partition coefficient (Wildman–Crippen LogP) is 2.54. The van der Waals surface area contributed by atoms with Gasteiger partial charge >= 0.3 is 0 Å². The molecule has 1 aromatic carbocycles. The smallest absolute Gasteiger partial charge is 0.127 e. The van der Waals surface area contributed by atoms with E-state index in [1.807, 2.05) is 14.0 Å². The second-order valence-electron chi connectivity index (χ2n) is 4.50. The standard InChI is InChI=1S/C15H24FNO3/c1-12(17-2)14-6-5-13(16)11-15(14)20-10-9-19-8-4-7-18-3/h5-6,11-12,17H,4,7-10H2,1-3H3. The van der Waals surface area contributed by atoms with Gasteiger partial charge in [0.15, 0.2) is 0 Å². The van der Waals surface area contributed by atoms with E-state index in [2.05, 4.69) is 5.32 Å². The summed E-state index contributed by atoms with van der Waals surface area (Å²) in [6.45, 7) is 4.21. The lowest BCUT2D eigenvalue weighted by molar-refractivity contribution is 0.0802. The molecule has 0 radical (unpaired) electrons. The number of benzene rings is 1. The maximum absolute atomic E-state index is 13.3. The number of nitrogens with one attached hydrogen (secondary N) is 1. The van der Waals surface area contributed by atoms with Gasteiger partial charge in [-0.05, 0) is 26.5 Å². The molecule has 1 rings (SSSR count). The summed E-state index contributed by atoms with van der Waals surface area (Å²) >= 11 is 0. The molecule has 20 heavy (non-hydrogen) atoms. The topological polar surface area (TPSA) is 39.7 Å². The van der Waals surface area contributed by atoms with Gasteiger partial charge in [-0.2, -0.15) is 0 Å². The van der Waals surface area contributed by atoms with Crippen LogP contribution >= 0.6 is 0 Å². The van der Waals surface area contributed by atoms with Crippen LogP contribution in [0.4, 0.5) is 4.39 Å². The van der Waals surface area contributed by atoms with E-state index < -0.39 is 0 Å². The highest BCUT2D eigenvalue weighted by atomic mass is 19.1. The quantitative estimate of drug-likeness (QED) is 0.671. The highest BCUT2D eigenvalue weighted by molar-refractivity contribution is 5.36. The zero-order chi connectivity index (χ0) is 14.8. The average Bonchev–Trinajstić information content (AvgIpc) is 2.45. The molecular formula is C15H24FNO3. The highest BCUT2D eigenvalue weighted by Gasteiger charge is 2.11. The molecule has 5 heteroatoms. The second kappa shape index (κ2) is 9.69. The van der Waals surface area contributed by atoms with Crippen LogP contribution < -0.4 is 10.1 Å². The summed E-state index contributed by atoms with van der Waals surface area (Å²) in [6.07, 6.45) is 0.860. The average molecular weight is 285 g/mol. The van der Waals surface area contributed by atoms with E-state index >= 15 is 0 Å². The first-order valence-corrected chi connectivity index (χ1v) is 6.85. The van der Waals surface area contributed by atoms with E-state index in [1.54, 1.807) is 13.2 Å². The third-order valence-electron chi connectivity index (χ3n) is 3.00. The summed E-state index contributed by atoms with van der Waals surface area (Å²) in [5, 5.41) is 3.12. The van der Waals surface area contributed by atoms with Crippen LogP contribution in [0, 0.1) is 5.82 Å². The Morgan fingerprint density at radius 1 is 1.20 bits per heavy atom. The first kappa shape index (κ1) is 16.9. The molecule has 0 saturated heterocycles.